The largest absolute Gasteiger partial charge is 0.490 e. The van der Waals surface area contributed by atoms with Crippen LogP contribution in [-0.2, 0) is 14.8 Å². The Hall–Kier alpha value is -1.84. The van der Waals surface area contributed by atoms with Crippen LogP contribution in [0, 0.1) is 0 Å². The van der Waals surface area contributed by atoms with Crippen LogP contribution in [-0.4, -0.2) is 27.6 Å². The maximum absolute atomic E-state index is 11.6. The van der Waals surface area contributed by atoms with Crippen molar-refractivity contribution in [1.82, 2.24) is 0 Å². The quantitative estimate of drug-likeness (QED) is 0.596. The van der Waals surface area contributed by atoms with Crippen molar-refractivity contribution >= 4 is 31.9 Å². The van der Waals surface area contributed by atoms with Crippen LogP contribution in [0.2, 0.25) is 0 Å². The van der Waals surface area contributed by atoms with Crippen LogP contribution in [0.25, 0.3) is 0 Å². The lowest BCUT2D eigenvalue weighted by molar-refractivity contribution is 0.0413. The summed E-state index contributed by atoms with van der Waals surface area (Å²) in [4.78, 5) is 11.5. The molecule has 0 saturated heterocycles. The van der Waals surface area contributed by atoms with E-state index in [2.05, 4.69) is 15.9 Å². The van der Waals surface area contributed by atoms with Gasteiger partial charge in [-0.05, 0) is 52.3 Å². The molecule has 1 heterocycles. The lowest BCUT2D eigenvalue weighted by atomic mass is 10.3. The molecule has 0 amide bonds. The molecule has 0 aliphatic rings. The van der Waals surface area contributed by atoms with Gasteiger partial charge in [-0.25, -0.2) is 18.4 Å². The number of sulfonamides is 1. The maximum Gasteiger partial charge on any atom is 0.374 e. The monoisotopic (exact) mass is 389 g/mol. The number of benzene rings is 1. The number of halogens is 1. The average molecular weight is 390 g/mol. The molecule has 1 aromatic heterocycles. The Morgan fingerprint density at radius 1 is 1.14 bits per heavy atom. The summed E-state index contributed by atoms with van der Waals surface area (Å²) in [7, 11) is -3.72. The summed E-state index contributed by atoms with van der Waals surface area (Å²) in [6.45, 7) is 0.135. The number of carbonyl (C=O) groups excluding carboxylic acids is 1. The van der Waals surface area contributed by atoms with Gasteiger partial charge in [-0.1, -0.05) is 0 Å². The molecular formula is C13H12BrNO6S. The van der Waals surface area contributed by atoms with E-state index in [-0.39, 0.29) is 23.9 Å². The van der Waals surface area contributed by atoms with Gasteiger partial charge in [0.25, 0.3) is 0 Å². The first-order valence-corrected chi connectivity index (χ1v) is 8.38. The number of ether oxygens (including phenoxy) is 2. The Morgan fingerprint density at radius 2 is 1.82 bits per heavy atom. The zero-order valence-corrected chi connectivity index (χ0v) is 13.6. The number of carbonyl (C=O) groups is 1. The van der Waals surface area contributed by atoms with Crippen molar-refractivity contribution in [1.29, 1.82) is 0 Å². The predicted molar refractivity (Wildman–Crippen MR) is 80.0 cm³/mol. The third kappa shape index (κ3) is 4.58. The lowest BCUT2D eigenvalue weighted by Crippen LogP contribution is -2.13. The summed E-state index contributed by atoms with van der Waals surface area (Å²) in [5.41, 5.74) is 0. The second kappa shape index (κ2) is 6.95. The molecule has 0 spiro atoms. The van der Waals surface area contributed by atoms with Crippen molar-refractivity contribution < 1.29 is 27.1 Å². The minimum Gasteiger partial charge on any atom is -0.490 e. The summed E-state index contributed by atoms with van der Waals surface area (Å²) in [5, 5.41) is 4.98. The average Bonchev–Trinajstić information content (AvgIpc) is 2.89. The second-order valence-electron chi connectivity index (χ2n) is 4.10. The SMILES string of the molecule is NS(=O)(=O)c1ccc(OCCOC(=O)c2ccc(Br)o2)cc1. The molecule has 0 aliphatic heterocycles. The third-order valence-electron chi connectivity index (χ3n) is 2.51. The number of esters is 1. The molecule has 0 radical (unpaired) electrons. The van der Waals surface area contributed by atoms with Crippen LogP contribution < -0.4 is 9.88 Å². The van der Waals surface area contributed by atoms with E-state index >= 15 is 0 Å². The fourth-order valence-electron chi connectivity index (χ4n) is 1.51. The van der Waals surface area contributed by atoms with Gasteiger partial charge in [0.05, 0.1) is 4.90 Å². The number of hydrogen-bond donors (Lipinski definition) is 1. The first kappa shape index (κ1) is 16.5. The van der Waals surface area contributed by atoms with Gasteiger partial charge >= 0.3 is 5.97 Å². The topological polar surface area (TPSA) is 109 Å². The first-order valence-electron chi connectivity index (χ1n) is 6.04. The van der Waals surface area contributed by atoms with Gasteiger partial charge in [0.1, 0.15) is 19.0 Å². The molecule has 118 valence electrons. The summed E-state index contributed by atoms with van der Waals surface area (Å²) >= 11 is 3.08. The van der Waals surface area contributed by atoms with Crippen LogP contribution in [0.5, 0.6) is 5.75 Å². The molecule has 0 saturated carbocycles. The van der Waals surface area contributed by atoms with Crippen molar-refractivity contribution in [3.63, 3.8) is 0 Å². The molecule has 2 aromatic rings. The van der Waals surface area contributed by atoms with Gasteiger partial charge < -0.3 is 13.9 Å². The molecule has 22 heavy (non-hydrogen) atoms. The third-order valence-corrected chi connectivity index (χ3v) is 3.87. The van der Waals surface area contributed by atoms with Gasteiger partial charge in [-0.2, -0.15) is 0 Å². The molecule has 0 atom stereocenters. The van der Waals surface area contributed by atoms with Crippen LogP contribution in [0.1, 0.15) is 10.6 Å². The molecule has 9 heteroatoms. The van der Waals surface area contributed by atoms with Crippen LogP contribution in [0.15, 0.2) is 50.4 Å². The van der Waals surface area contributed by atoms with Crippen molar-refractivity contribution in [3.8, 4) is 5.75 Å². The molecule has 1 aromatic carbocycles. The Bertz CT molecular complexity index is 753. The van der Waals surface area contributed by atoms with Crippen LogP contribution in [0.3, 0.4) is 0 Å². The van der Waals surface area contributed by atoms with E-state index in [0.29, 0.717) is 10.4 Å². The van der Waals surface area contributed by atoms with Gasteiger partial charge in [0.15, 0.2) is 4.67 Å². The van der Waals surface area contributed by atoms with Crippen LogP contribution in [0.4, 0.5) is 0 Å². The smallest absolute Gasteiger partial charge is 0.374 e. The minimum atomic E-state index is -3.72. The van der Waals surface area contributed by atoms with Gasteiger partial charge in [-0.3, -0.25) is 0 Å². The highest BCUT2D eigenvalue weighted by Gasteiger charge is 2.12. The van der Waals surface area contributed by atoms with E-state index in [1.165, 1.54) is 30.3 Å². The zero-order valence-electron chi connectivity index (χ0n) is 11.2. The van der Waals surface area contributed by atoms with E-state index < -0.39 is 16.0 Å². The molecule has 0 fully saturated rings. The number of rotatable bonds is 6. The molecule has 2 N–H and O–H groups in total. The summed E-state index contributed by atoms with van der Waals surface area (Å²) in [6, 6.07) is 8.66. The van der Waals surface area contributed by atoms with E-state index in [4.69, 9.17) is 19.0 Å². The van der Waals surface area contributed by atoms with Gasteiger partial charge in [0, 0.05) is 0 Å². The Labute approximate surface area is 135 Å². The van der Waals surface area contributed by atoms with Crippen molar-refractivity contribution in [2.45, 2.75) is 4.90 Å². The number of primary sulfonamides is 1. The maximum atomic E-state index is 11.6. The molecule has 7 nitrogen and oxygen atoms in total. The summed E-state index contributed by atoms with van der Waals surface area (Å²) < 4.78 is 37.9. The van der Waals surface area contributed by atoms with Crippen molar-refractivity contribution in [2.24, 2.45) is 5.14 Å². The number of hydrogen-bond acceptors (Lipinski definition) is 6. The second-order valence-corrected chi connectivity index (χ2v) is 6.45. The normalized spacial score (nSPS) is 11.2. The fraction of sp³-hybridized carbons (Fsp3) is 0.154. The molecule has 2 rings (SSSR count). The predicted octanol–water partition coefficient (Wildman–Crippen LogP) is 1.93. The summed E-state index contributed by atoms with van der Waals surface area (Å²) in [5.74, 6) is -0.0764. The lowest BCUT2D eigenvalue weighted by Gasteiger charge is -2.07. The molecule has 0 unspecified atom stereocenters. The van der Waals surface area contributed by atoms with E-state index in [1.54, 1.807) is 6.07 Å². The minimum absolute atomic E-state index is 0.00493. The van der Waals surface area contributed by atoms with Crippen LogP contribution >= 0.6 is 15.9 Å². The van der Waals surface area contributed by atoms with E-state index in [1.807, 2.05) is 0 Å². The van der Waals surface area contributed by atoms with E-state index in [9.17, 15) is 13.2 Å². The van der Waals surface area contributed by atoms with Crippen molar-refractivity contribution in [3.05, 3.63) is 46.8 Å². The van der Waals surface area contributed by atoms with E-state index in [0.717, 1.165) is 0 Å². The standard InChI is InChI=1S/C13H12BrNO6S/c14-12-6-5-11(21-12)13(16)20-8-7-19-9-1-3-10(4-2-9)22(15,17)18/h1-6H,7-8H2,(H2,15,17,18). The molecular weight excluding hydrogens is 378 g/mol. The highest BCUT2D eigenvalue weighted by molar-refractivity contribution is 9.10. The Kier molecular flexibility index (Phi) is 5.22. The Balaban J connectivity index is 1.78. The molecule has 0 bridgehead atoms. The van der Waals surface area contributed by atoms with Gasteiger partial charge in [0.2, 0.25) is 15.8 Å². The number of nitrogens with two attached hydrogens (primary N) is 1. The highest BCUT2D eigenvalue weighted by atomic mass is 79.9. The first-order chi connectivity index (χ1) is 10.4. The number of furan rings is 1. The highest BCUT2D eigenvalue weighted by Crippen LogP contribution is 2.16. The van der Waals surface area contributed by atoms with Gasteiger partial charge in [-0.15, -0.1) is 0 Å². The Morgan fingerprint density at radius 3 is 2.36 bits per heavy atom. The molecule has 0 aliphatic carbocycles. The fourth-order valence-corrected chi connectivity index (χ4v) is 2.34. The summed E-state index contributed by atoms with van der Waals surface area (Å²) in [6.07, 6.45) is 0. The van der Waals surface area contributed by atoms with Crippen molar-refractivity contribution in [2.75, 3.05) is 13.2 Å². The zero-order chi connectivity index (χ0) is 16.2.